The van der Waals surface area contributed by atoms with Crippen LogP contribution in [0.3, 0.4) is 0 Å². The molecule has 114 valence electrons. The van der Waals surface area contributed by atoms with Crippen LogP contribution in [0.5, 0.6) is 0 Å². The number of halogens is 4. The molecule has 0 aliphatic rings. The van der Waals surface area contributed by atoms with Gasteiger partial charge in [0.05, 0.1) is 0 Å². The summed E-state index contributed by atoms with van der Waals surface area (Å²) in [5.74, 6) is -0.335. The normalized spacial score (nSPS) is 12.4. The second-order valence-electron chi connectivity index (χ2n) is 4.29. The molecule has 1 aromatic rings. The molecule has 0 saturated carbocycles. The second-order valence-corrected chi connectivity index (χ2v) is 4.29. The zero-order chi connectivity index (χ0) is 14.3. The van der Waals surface area contributed by atoms with E-state index in [-0.39, 0.29) is 37.7 Å². The molecule has 3 nitrogen and oxygen atoms in total. The molecule has 0 saturated heterocycles. The van der Waals surface area contributed by atoms with E-state index in [1.54, 1.807) is 0 Å². The number of benzene rings is 1. The van der Waals surface area contributed by atoms with Crippen LogP contribution >= 0.6 is 12.4 Å². The number of carbonyl (C=O) groups is 1. The highest BCUT2D eigenvalue weighted by molar-refractivity contribution is 5.85. The first kappa shape index (κ1) is 18.7. The number of rotatable bonds is 6. The Kier molecular flexibility index (Phi) is 8.25. The molecule has 1 amide bonds. The van der Waals surface area contributed by atoms with Crippen molar-refractivity contribution < 1.29 is 18.0 Å². The lowest BCUT2D eigenvalue weighted by Crippen LogP contribution is -2.28. The van der Waals surface area contributed by atoms with Gasteiger partial charge in [0.25, 0.3) is 0 Å². The van der Waals surface area contributed by atoms with Crippen molar-refractivity contribution >= 4 is 18.3 Å². The summed E-state index contributed by atoms with van der Waals surface area (Å²) < 4.78 is 35.6. The van der Waals surface area contributed by atoms with E-state index in [4.69, 9.17) is 5.73 Å². The van der Waals surface area contributed by atoms with Gasteiger partial charge in [0, 0.05) is 25.4 Å². The Morgan fingerprint density at radius 2 is 1.85 bits per heavy atom. The minimum absolute atomic E-state index is 0. The van der Waals surface area contributed by atoms with E-state index in [1.165, 1.54) is 0 Å². The highest BCUT2D eigenvalue weighted by Gasteiger charge is 2.26. The smallest absolute Gasteiger partial charge is 0.356 e. The molecule has 0 heterocycles. The lowest BCUT2D eigenvalue weighted by Gasteiger charge is -2.12. The molecule has 3 N–H and O–H groups in total. The standard InChI is InChI=1S/C13H17F3N2O.ClH/c14-13(15,16)7-4-8-18-12(19)9-11(17)10-5-2-1-3-6-10;/h1-3,5-6,11H,4,7-9,17H2,(H,18,19);1H. The number of alkyl halides is 3. The van der Waals surface area contributed by atoms with Crippen molar-refractivity contribution in [2.75, 3.05) is 6.54 Å². The molecule has 0 fully saturated rings. The summed E-state index contributed by atoms with van der Waals surface area (Å²) in [5.41, 5.74) is 6.66. The van der Waals surface area contributed by atoms with Crippen LogP contribution in [-0.2, 0) is 4.79 Å². The SMILES string of the molecule is Cl.NC(CC(=O)NCCCC(F)(F)F)c1ccccc1. The van der Waals surface area contributed by atoms with E-state index in [0.29, 0.717) is 0 Å². The first-order valence-corrected chi connectivity index (χ1v) is 6.02. The zero-order valence-electron chi connectivity index (χ0n) is 10.8. The Bertz CT molecular complexity index is 398. The highest BCUT2D eigenvalue weighted by atomic mass is 35.5. The average molecular weight is 311 g/mol. The van der Waals surface area contributed by atoms with Crippen molar-refractivity contribution in [1.82, 2.24) is 5.32 Å². The van der Waals surface area contributed by atoms with E-state index in [1.807, 2.05) is 30.3 Å². The lowest BCUT2D eigenvalue weighted by atomic mass is 10.0. The Morgan fingerprint density at radius 1 is 1.25 bits per heavy atom. The molecule has 1 unspecified atom stereocenters. The van der Waals surface area contributed by atoms with Crippen LogP contribution in [0.25, 0.3) is 0 Å². The number of nitrogens with one attached hydrogen (secondary N) is 1. The van der Waals surface area contributed by atoms with Gasteiger partial charge in [-0.1, -0.05) is 30.3 Å². The third-order valence-electron chi connectivity index (χ3n) is 2.59. The average Bonchev–Trinajstić information content (AvgIpc) is 2.34. The number of hydrogen-bond acceptors (Lipinski definition) is 2. The van der Waals surface area contributed by atoms with Gasteiger partial charge in [-0.25, -0.2) is 0 Å². The Hall–Kier alpha value is -1.27. The number of carbonyl (C=O) groups excluding carboxylic acids is 1. The summed E-state index contributed by atoms with van der Waals surface area (Å²) in [6, 6.07) is 8.65. The highest BCUT2D eigenvalue weighted by Crippen LogP contribution is 2.20. The van der Waals surface area contributed by atoms with Crippen LogP contribution in [-0.4, -0.2) is 18.6 Å². The molecule has 1 aromatic carbocycles. The van der Waals surface area contributed by atoms with Crippen molar-refractivity contribution in [2.45, 2.75) is 31.5 Å². The first-order chi connectivity index (χ1) is 8.88. The fourth-order valence-corrected chi connectivity index (χ4v) is 1.61. The molecule has 0 aliphatic carbocycles. The monoisotopic (exact) mass is 310 g/mol. The number of hydrogen-bond donors (Lipinski definition) is 2. The predicted octanol–water partition coefficient (Wildman–Crippen LogP) is 2.96. The van der Waals surface area contributed by atoms with Gasteiger partial charge in [-0.15, -0.1) is 12.4 Å². The van der Waals surface area contributed by atoms with Crippen molar-refractivity contribution in [3.8, 4) is 0 Å². The molecular formula is C13H18ClF3N2O. The molecule has 0 bridgehead atoms. The van der Waals surface area contributed by atoms with Gasteiger partial charge in [-0.05, 0) is 12.0 Å². The third kappa shape index (κ3) is 8.01. The fraction of sp³-hybridized carbons (Fsp3) is 0.462. The maximum Gasteiger partial charge on any atom is 0.389 e. The maximum atomic E-state index is 11.9. The van der Waals surface area contributed by atoms with E-state index in [9.17, 15) is 18.0 Å². The Morgan fingerprint density at radius 3 is 2.40 bits per heavy atom. The summed E-state index contributed by atoms with van der Waals surface area (Å²) in [6.45, 7) is 0.0137. The van der Waals surface area contributed by atoms with E-state index in [2.05, 4.69) is 5.32 Å². The van der Waals surface area contributed by atoms with Crippen molar-refractivity contribution in [3.63, 3.8) is 0 Å². The summed E-state index contributed by atoms with van der Waals surface area (Å²) in [7, 11) is 0. The number of amides is 1. The molecule has 20 heavy (non-hydrogen) atoms. The molecule has 0 aromatic heterocycles. The van der Waals surface area contributed by atoms with Crippen LogP contribution in [0, 0.1) is 0 Å². The maximum absolute atomic E-state index is 11.9. The molecule has 1 rings (SSSR count). The van der Waals surface area contributed by atoms with Crippen LogP contribution in [0.2, 0.25) is 0 Å². The van der Waals surface area contributed by atoms with Crippen molar-refractivity contribution in [1.29, 1.82) is 0 Å². The molecule has 0 spiro atoms. The van der Waals surface area contributed by atoms with Crippen molar-refractivity contribution in [2.24, 2.45) is 5.73 Å². The summed E-state index contributed by atoms with van der Waals surface area (Å²) >= 11 is 0. The summed E-state index contributed by atoms with van der Waals surface area (Å²) in [6.07, 6.45) is -5.12. The van der Waals surface area contributed by atoms with Gasteiger partial charge in [-0.3, -0.25) is 4.79 Å². The topological polar surface area (TPSA) is 55.1 Å². The van der Waals surface area contributed by atoms with Gasteiger partial charge in [0.2, 0.25) is 5.91 Å². The Labute approximate surface area is 122 Å². The molecule has 0 radical (unpaired) electrons. The van der Waals surface area contributed by atoms with Crippen LogP contribution in [0.1, 0.15) is 30.9 Å². The molecule has 0 aliphatic heterocycles. The van der Waals surface area contributed by atoms with Crippen LogP contribution in [0.15, 0.2) is 30.3 Å². The largest absolute Gasteiger partial charge is 0.389 e. The lowest BCUT2D eigenvalue weighted by molar-refractivity contribution is -0.136. The summed E-state index contributed by atoms with van der Waals surface area (Å²) in [4.78, 5) is 11.5. The van der Waals surface area contributed by atoms with Gasteiger partial charge in [0.15, 0.2) is 0 Å². The summed E-state index contributed by atoms with van der Waals surface area (Å²) in [5, 5.41) is 2.44. The minimum Gasteiger partial charge on any atom is -0.356 e. The van der Waals surface area contributed by atoms with Gasteiger partial charge in [0.1, 0.15) is 0 Å². The molecule has 7 heteroatoms. The number of nitrogens with two attached hydrogens (primary N) is 1. The van der Waals surface area contributed by atoms with E-state index < -0.39 is 18.6 Å². The quantitative estimate of drug-likeness (QED) is 0.794. The second kappa shape index (κ2) is 8.81. The minimum atomic E-state index is -4.18. The molecular weight excluding hydrogens is 293 g/mol. The van der Waals surface area contributed by atoms with Gasteiger partial charge >= 0.3 is 6.18 Å². The third-order valence-corrected chi connectivity index (χ3v) is 2.59. The molecule has 1 atom stereocenters. The van der Waals surface area contributed by atoms with E-state index >= 15 is 0 Å². The fourth-order valence-electron chi connectivity index (χ4n) is 1.61. The Balaban J connectivity index is 0.00000361. The van der Waals surface area contributed by atoms with Crippen LogP contribution in [0.4, 0.5) is 13.2 Å². The zero-order valence-corrected chi connectivity index (χ0v) is 11.6. The van der Waals surface area contributed by atoms with E-state index in [0.717, 1.165) is 5.56 Å². The first-order valence-electron chi connectivity index (χ1n) is 6.02. The van der Waals surface area contributed by atoms with Gasteiger partial charge < -0.3 is 11.1 Å². The predicted molar refractivity (Wildman–Crippen MR) is 73.5 cm³/mol. The van der Waals surface area contributed by atoms with Crippen molar-refractivity contribution in [3.05, 3.63) is 35.9 Å². The van der Waals surface area contributed by atoms with Crippen LogP contribution < -0.4 is 11.1 Å². The van der Waals surface area contributed by atoms with Gasteiger partial charge in [-0.2, -0.15) is 13.2 Å².